The lowest BCUT2D eigenvalue weighted by atomic mass is 10.0. The second-order valence-corrected chi connectivity index (χ2v) is 5.13. The van der Waals surface area contributed by atoms with Crippen molar-refractivity contribution in [2.45, 2.75) is 12.5 Å². The number of carboxylic acids is 1. The standard InChI is InChI=1S/C17H18N2O4/c18-15(17(22)23)9-11-1-3-12(4-2-11)13-5-7-14(8-6-13)19-16(21)10-20/h1-8,15,20H,9-10,18H2,(H,19,21)(H,22,23)/t15-/m0/s1. The van der Waals surface area contributed by atoms with E-state index in [-0.39, 0.29) is 6.42 Å². The summed E-state index contributed by atoms with van der Waals surface area (Å²) in [6.07, 6.45) is 0.280. The molecule has 1 atom stereocenters. The number of nitrogens with one attached hydrogen (secondary N) is 1. The molecule has 1 amide bonds. The lowest BCUT2D eigenvalue weighted by Gasteiger charge is -2.08. The molecule has 0 heterocycles. The van der Waals surface area contributed by atoms with Crippen molar-refractivity contribution in [3.05, 3.63) is 54.1 Å². The van der Waals surface area contributed by atoms with Crippen LogP contribution in [0.2, 0.25) is 0 Å². The predicted molar refractivity (Wildman–Crippen MR) is 86.9 cm³/mol. The van der Waals surface area contributed by atoms with Crippen molar-refractivity contribution in [3.63, 3.8) is 0 Å². The Morgan fingerprint density at radius 3 is 2.00 bits per heavy atom. The van der Waals surface area contributed by atoms with Crippen LogP contribution in [0.3, 0.4) is 0 Å². The SMILES string of the molecule is N[C@@H](Cc1ccc(-c2ccc(NC(=O)CO)cc2)cc1)C(=O)O. The second-order valence-electron chi connectivity index (χ2n) is 5.13. The second kappa shape index (κ2) is 7.53. The van der Waals surface area contributed by atoms with E-state index < -0.39 is 24.5 Å². The Morgan fingerprint density at radius 2 is 1.52 bits per heavy atom. The fraction of sp³-hybridized carbons (Fsp3) is 0.176. The minimum Gasteiger partial charge on any atom is -0.480 e. The van der Waals surface area contributed by atoms with Crippen LogP contribution in [0.4, 0.5) is 5.69 Å². The van der Waals surface area contributed by atoms with Crippen molar-refractivity contribution in [2.24, 2.45) is 5.73 Å². The van der Waals surface area contributed by atoms with Gasteiger partial charge in [0.2, 0.25) is 5.91 Å². The van der Waals surface area contributed by atoms with Crippen LogP contribution in [0.5, 0.6) is 0 Å². The third-order valence-electron chi connectivity index (χ3n) is 3.37. The molecule has 5 N–H and O–H groups in total. The maximum Gasteiger partial charge on any atom is 0.320 e. The number of rotatable bonds is 6. The highest BCUT2D eigenvalue weighted by atomic mass is 16.4. The van der Waals surface area contributed by atoms with Gasteiger partial charge in [0.1, 0.15) is 12.6 Å². The van der Waals surface area contributed by atoms with Gasteiger partial charge in [-0.3, -0.25) is 9.59 Å². The lowest BCUT2D eigenvalue weighted by Crippen LogP contribution is -2.32. The van der Waals surface area contributed by atoms with E-state index in [9.17, 15) is 9.59 Å². The molecule has 0 fully saturated rings. The predicted octanol–water partition coefficient (Wildman–Crippen LogP) is 1.24. The molecule has 0 bridgehead atoms. The third kappa shape index (κ3) is 4.64. The number of hydrogen-bond donors (Lipinski definition) is 4. The van der Waals surface area contributed by atoms with E-state index in [4.69, 9.17) is 15.9 Å². The van der Waals surface area contributed by atoms with Gasteiger partial charge in [0, 0.05) is 5.69 Å². The molecule has 2 aromatic carbocycles. The van der Waals surface area contributed by atoms with E-state index in [2.05, 4.69) is 5.32 Å². The molecule has 6 nitrogen and oxygen atoms in total. The van der Waals surface area contributed by atoms with Crippen LogP contribution < -0.4 is 11.1 Å². The largest absolute Gasteiger partial charge is 0.480 e. The number of carbonyl (C=O) groups excluding carboxylic acids is 1. The van der Waals surface area contributed by atoms with Crippen molar-refractivity contribution < 1.29 is 19.8 Å². The molecule has 120 valence electrons. The summed E-state index contributed by atoms with van der Waals surface area (Å²) in [6, 6.07) is 13.8. The van der Waals surface area contributed by atoms with Crippen LogP contribution >= 0.6 is 0 Å². The zero-order valence-corrected chi connectivity index (χ0v) is 12.4. The fourth-order valence-electron chi connectivity index (χ4n) is 2.12. The zero-order chi connectivity index (χ0) is 16.8. The van der Waals surface area contributed by atoms with Crippen LogP contribution in [0, 0.1) is 0 Å². The Kier molecular flexibility index (Phi) is 5.46. The van der Waals surface area contributed by atoms with Gasteiger partial charge in [-0.1, -0.05) is 36.4 Å². The average molecular weight is 314 g/mol. The van der Waals surface area contributed by atoms with E-state index in [0.717, 1.165) is 16.7 Å². The van der Waals surface area contributed by atoms with Gasteiger partial charge in [0.25, 0.3) is 0 Å². The molecule has 0 aromatic heterocycles. The van der Waals surface area contributed by atoms with Gasteiger partial charge in [0.05, 0.1) is 0 Å². The van der Waals surface area contributed by atoms with Crippen molar-refractivity contribution in [3.8, 4) is 11.1 Å². The van der Waals surface area contributed by atoms with Gasteiger partial charge in [-0.05, 0) is 35.2 Å². The minimum atomic E-state index is -1.02. The average Bonchev–Trinajstić information content (AvgIpc) is 2.56. The number of anilines is 1. The van der Waals surface area contributed by atoms with Crippen molar-refractivity contribution in [1.82, 2.24) is 0 Å². The van der Waals surface area contributed by atoms with Gasteiger partial charge >= 0.3 is 5.97 Å². The molecule has 0 aliphatic heterocycles. The van der Waals surface area contributed by atoms with Crippen LogP contribution in [-0.2, 0) is 16.0 Å². The van der Waals surface area contributed by atoms with E-state index in [1.165, 1.54) is 0 Å². The van der Waals surface area contributed by atoms with Crippen molar-refractivity contribution >= 4 is 17.6 Å². The van der Waals surface area contributed by atoms with Crippen LogP contribution in [0.25, 0.3) is 11.1 Å². The molecule has 0 spiro atoms. The molecule has 0 aliphatic carbocycles. The maximum absolute atomic E-state index is 11.1. The summed E-state index contributed by atoms with van der Waals surface area (Å²) in [5.74, 6) is -1.48. The van der Waals surface area contributed by atoms with E-state index in [0.29, 0.717) is 5.69 Å². The molecule has 6 heteroatoms. The molecule has 0 saturated carbocycles. The van der Waals surface area contributed by atoms with Gasteiger partial charge in [-0.25, -0.2) is 0 Å². The van der Waals surface area contributed by atoms with Gasteiger partial charge in [-0.2, -0.15) is 0 Å². The number of aliphatic hydroxyl groups is 1. The summed E-state index contributed by atoms with van der Waals surface area (Å²) in [4.78, 5) is 21.8. The number of carbonyl (C=O) groups is 2. The Balaban J connectivity index is 2.07. The van der Waals surface area contributed by atoms with Crippen molar-refractivity contribution in [1.29, 1.82) is 0 Å². The normalized spacial score (nSPS) is 11.7. The highest BCUT2D eigenvalue weighted by Gasteiger charge is 2.11. The number of benzene rings is 2. The molecular formula is C17H18N2O4. The molecule has 0 aliphatic rings. The lowest BCUT2D eigenvalue weighted by molar-refractivity contribution is -0.138. The summed E-state index contributed by atoms with van der Waals surface area (Å²) in [5, 5.41) is 20.1. The monoisotopic (exact) mass is 314 g/mol. The first-order valence-electron chi connectivity index (χ1n) is 7.08. The fourth-order valence-corrected chi connectivity index (χ4v) is 2.12. The molecule has 0 unspecified atom stereocenters. The van der Waals surface area contributed by atoms with Crippen LogP contribution in [0.1, 0.15) is 5.56 Å². The number of aliphatic hydroxyl groups excluding tert-OH is 1. The molecule has 0 saturated heterocycles. The third-order valence-corrected chi connectivity index (χ3v) is 3.37. The quantitative estimate of drug-likeness (QED) is 0.641. The number of hydrogen-bond acceptors (Lipinski definition) is 4. The van der Waals surface area contributed by atoms with Gasteiger partial charge < -0.3 is 21.3 Å². The first-order chi connectivity index (χ1) is 11.0. The Morgan fingerprint density at radius 1 is 1.00 bits per heavy atom. The van der Waals surface area contributed by atoms with E-state index in [1.807, 2.05) is 36.4 Å². The summed E-state index contributed by atoms with van der Waals surface area (Å²) in [6.45, 7) is -0.554. The molecule has 2 rings (SSSR count). The van der Waals surface area contributed by atoms with E-state index >= 15 is 0 Å². The Bertz CT molecular complexity index is 681. The first-order valence-corrected chi connectivity index (χ1v) is 7.08. The van der Waals surface area contributed by atoms with Gasteiger partial charge in [0.15, 0.2) is 0 Å². The van der Waals surface area contributed by atoms with E-state index in [1.54, 1.807) is 12.1 Å². The van der Waals surface area contributed by atoms with Crippen LogP contribution in [0.15, 0.2) is 48.5 Å². The smallest absolute Gasteiger partial charge is 0.320 e. The summed E-state index contributed by atoms with van der Waals surface area (Å²) < 4.78 is 0. The van der Waals surface area contributed by atoms with Crippen LogP contribution in [-0.4, -0.2) is 34.7 Å². The number of amides is 1. The Labute approximate surface area is 133 Å². The summed E-state index contributed by atoms with van der Waals surface area (Å²) >= 11 is 0. The zero-order valence-electron chi connectivity index (χ0n) is 12.4. The highest BCUT2D eigenvalue weighted by molar-refractivity contribution is 5.91. The summed E-state index contributed by atoms with van der Waals surface area (Å²) in [7, 11) is 0. The number of carboxylic acid groups (broad SMARTS) is 1. The topological polar surface area (TPSA) is 113 Å². The molecule has 2 aromatic rings. The number of aliphatic carboxylic acids is 1. The highest BCUT2D eigenvalue weighted by Crippen LogP contribution is 2.22. The van der Waals surface area contributed by atoms with Gasteiger partial charge in [-0.15, -0.1) is 0 Å². The Hall–Kier alpha value is -2.70. The molecule has 23 heavy (non-hydrogen) atoms. The minimum absolute atomic E-state index is 0.280. The maximum atomic E-state index is 11.1. The number of nitrogens with two attached hydrogens (primary N) is 1. The first kappa shape index (κ1) is 16.7. The molecular weight excluding hydrogens is 296 g/mol. The molecule has 0 radical (unpaired) electrons. The van der Waals surface area contributed by atoms with Crippen molar-refractivity contribution in [2.75, 3.05) is 11.9 Å². The summed E-state index contributed by atoms with van der Waals surface area (Å²) in [5.41, 5.74) is 8.91.